The van der Waals surface area contributed by atoms with Crippen LogP contribution in [-0.2, 0) is 0 Å². The summed E-state index contributed by atoms with van der Waals surface area (Å²) in [4.78, 5) is 0. The molecule has 3 rings (SSSR count). The van der Waals surface area contributed by atoms with E-state index in [1.165, 1.54) is 22.3 Å². The van der Waals surface area contributed by atoms with E-state index in [9.17, 15) is 0 Å². The fourth-order valence-electron chi connectivity index (χ4n) is 2.07. The monoisotopic (exact) mass is 219 g/mol. The van der Waals surface area contributed by atoms with Crippen molar-refractivity contribution in [3.8, 4) is 0 Å². The van der Waals surface area contributed by atoms with Crippen LogP contribution < -0.4 is 5.73 Å². The number of benzene rings is 2. The maximum absolute atomic E-state index is 5.68. The molecule has 1 aliphatic carbocycles. The van der Waals surface area contributed by atoms with Gasteiger partial charge in [0, 0.05) is 5.69 Å². The number of allylic oxidation sites excluding steroid dienone is 2. The highest BCUT2D eigenvalue weighted by atomic mass is 14.5. The maximum atomic E-state index is 5.68. The van der Waals surface area contributed by atoms with E-state index in [1.807, 2.05) is 24.3 Å². The Morgan fingerprint density at radius 3 is 2.41 bits per heavy atom. The summed E-state index contributed by atoms with van der Waals surface area (Å²) in [5.74, 6) is 0. The third kappa shape index (κ3) is 1.87. The van der Waals surface area contributed by atoms with Crippen molar-refractivity contribution in [2.24, 2.45) is 0 Å². The lowest BCUT2D eigenvalue weighted by molar-refractivity contribution is 1.61. The first-order chi connectivity index (χ1) is 8.33. The van der Waals surface area contributed by atoms with Crippen LogP contribution in [0.2, 0.25) is 0 Å². The Balaban J connectivity index is 2.02. The Morgan fingerprint density at radius 2 is 1.59 bits per heavy atom. The van der Waals surface area contributed by atoms with Crippen molar-refractivity contribution in [3.05, 3.63) is 71.3 Å². The Bertz CT molecular complexity index is 604. The lowest BCUT2D eigenvalue weighted by atomic mass is 10.0. The lowest BCUT2D eigenvalue weighted by Crippen LogP contribution is -1.84. The Kier molecular flexibility index (Phi) is 2.30. The van der Waals surface area contributed by atoms with Crippen molar-refractivity contribution >= 4 is 23.4 Å². The summed E-state index contributed by atoms with van der Waals surface area (Å²) in [6, 6.07) is 16.4. The molecule has 17 heavy (non-hydrogen) atoms. The van der Waals surface area contributed by atoms with Gasteiger partial charge in [0.1, 0.15) is 0 Å². The number of rotatable bonds is 1. The highest BCUT2D eigenvalue weighted by molar-refractivity contribution is 5.97. The molecule has 2 aromatic rings. The summed E-state index contributed by atoms with van der Waals surface area (Å²) in [7, 11) is 0. The van der Waals surface area contributed by atoms with Crippen molar-refractivity contribution < 1.29 is 0 Å². The topological polar surface area (TPSA) is 26.0 Å². The van der Waals surface area contributed by atoms with Gasteiger partial charge in [0.25, 0.3) is 0 Å². The molecule has 1 aliphatic rings. The average Bonchev–Trinajstić information content (AvgIpc) is 2.76. The predicted molar refractivity (Wildman–Crippen MR) is 74.2 cm³/mol. The van der Waals surface area contributed by atoms with Crippen molar-refractivity contribution in [3.63, 3.8) is 0 Å². The molecular weight excluding hydrogens is 206 g/mol. The van der Waals surface area contributed by atoms with Crippen molar-refractivity contribution in [2.45, 2.75) is 0 Å². The van der Waals surface area contributed by atoms with Crippen LogP contribution in [0.1, 0.15) is 16.7 Å². The molecule has 2 aromatic carbocycles. The van der Waals surface area contributed by atoms with E-state index in [4.69, 9.17) is 5.73 Å². The van der Waals surface area contributed by atoms with Gasteiger partial charge in [0.15, 0.2) is 0 Å². The zero-order valence-corrected chi connectivity index (χ0v) is 9.43. The molecule has 0 aliphatic heterocycles. The summed E-state index contributed by atoms with van der Waals surface area (Å²) >= 11 is 0. The first-order valence-corrected chi connectivity index (χ1v) is 5.68. The van der Waals surface area contributed by atoms with Crippen LogP contribution in [0.15, 0.2) is 54.6 Å². The summed E-state index contributed by atoms with van der Waals surface area (Å²) in [6.45, 7) is 0. The van der Waals surface area contributed by atoms with E-state index in [-0.39, 0.29) is 0 Å². The predicted octanol–water partition coefficient (Wildman–Crippen LogP) is 3.84. The SMILES string of the molecule is Nc1ccc(/C=C2\C=Cc3ccccc32)cc1. The molecule has 2 N–H and O–H groups in total. The average molecular weight is 219 g/mol. The molecule has 0 spiro atoms. The molecule has 0 fully saturated rings. The quantitative estimate of drug-likeness (QED) is 0.724. The molecule has 1 nitrogen and oxygen atoms in total. The minimum absolute atomic E-state index is 0.800. The normalized spacial score (nSPS) is 15.2. The van der Waals surface area contributed by atoms with Crippen molar-refractivity contribution in [1.82, 2.24) is 0 Å². The number of anilines is 1. The standard InChI is InChI=1S/C16H13N/c17-15-9-5-12(6-10-15)11-14-8-7-13-3-1-2-4-16(13)14/h1-11H,17H2/b14-11+. The van der Waals surface area contributed by atoms with Gasteiger partial charge in [-0.05, 0) is 40.5 Å². The Morgan fingerprint density at radius 1 is 0.824 bits per heavy atom. The van der Waals surface area contributed by atoms with E-state index in [0.717, 1.165) is 5.69 Å². The van der Waals surface area contributed by atoms with Crippen LogP contribution >= 0.6 is 0 Å². The highest BCUT2D eigenvalue weighted by Gasteiger charge is 2.08. The zero-order chi connectivity index (χ0) is 11.7. The van der Waals surface area contributed by atoms with Gasteiger partial charge in [-0.25, -0.2) is 0 Å². The van der Waals surface area contributed by atoms with Gasteiger partial charge in [0.05, 0.1) is 0 Å². The minimum Gasteiger partial charge on any atom is -0.399 e. The number of hydrogen-bond donors (Lipinski definition) is 1. The number of hydrogen-bond acceptors (Lipinski definition) is 1. The molecule has 0 saturated heterocycles. The zero-order valence-electron chi connectivity index (χ0n) is 9.43. The molecular formula is C16H13N. The van der Waals surface area contributed by atoms with Crippen LogP contribution in [-0.4, -0.2) is 0 Å². The molecule has 0 amide bonds. The van der Waals surface area contributed by atoms with E-state index in [1.54, 1.807) is 0 Å². The van der Waals surface area contributed by atoms with Gasteiger partial charge in [-0.1, -0.05) is 48.6 Å². The fraction of sp³-hybridized carbons (Fsp3) is 0. The minimum atomic E-state index is 0.800. The summed E-state index contributed by atoms with van der Waals surface area (Å²) in [6.07, 6.45) is 6.49. The third-order valence-corrected chi connectivity index (χ3v) is 2.97. The molecule has 0 radical (unpaired) electrons. The molecule has 0 aromatic heterocycles. The largest absolute Gasteiger partial charge is 0.399 e. The van der Waals surface area contributed by atoms with Crippen LogP contribution in [0.25, 0.3) is 17.7 Å². The Labute approximate surface area is 101 Å². The molecule has 0 bridgehead atoms. The van der Waals surface area contributed by atoms with Gasteiger partial charge in [0.2, 0.25) is 0 Å². The van der Waals surface area contributed by atoms with Gasteiger partial charge < -0.3 is 5.73 Å². The fourth-order valence-corrected chi connectivity index (χ4v) is 2.07. The second kappa shape index (κ2) is 3.95. The van der Waals surface area contributed by atoms with E-state index in [0.29, 0.717) is 0 Å². The van der Waals surface area contributed by atoms with Crippen molar-refractivity contribution in [2.75, 3.05) is 5.73 Å². The maximum Gasteiger partial charge on any atom is 0.0314 e. The van der Waals surface area contributed by atoms with Gasteiger partial charge >= 0.3 is 0 Å². The summed E-state index contributed by atoms with van der Waals surface area (Å²) in [5.41, 5.74) is 11.5. The van der Waals surface area contributed by atoms with Gasteiger partial charge in [-0.15, -0.1) is 0 Å². The second-order valence-electron chi connectivity index (χ2n) is 4.19. The van der Waals surface area contributed by atoms with Crippen molar-refractivity contribution in [1.29, 1.82) is 0 Å². The van der Waals surface area contributed by atoms with Gasteiger partial charge in [-0.2, -0.15) is 0 Å². The molecule has 1 heteroatoms. The second-order valence-corrected chi connectivity index (χ2v) is 4.19. The molecule has 0 atom stereocenters. The van der Waals surface area contributed by atoms with Crippen LogP contribution in [0.3, 0.4) is 0 Å². The van der Waals surface area contributed by atoms with E-state index in [2.05, 4.69) is 42.5 Å². The summed E-state index contributed by atoms with van der Waals surface area (Å²) < 4.78 is 0. The molecule has 0 heterocycles. The third-order valence-electron chi connectivity index (χ3n) is 2.97. The number of nitrogens with two attached hydrogens (primary N) is 1. The molecule has 0 unspecified atom stereocenters. The lowest BCUT2D eigenvalue weighted by Gasteiger charge is -2.01. The van der Waals surface area contributed by atoms with Crippen LogP contribution in [0.5, 0.6) is 0 Å². The first kappa shape index (κ1) is 9.91. The van der Waals surface area contributed by atoms with Gasteiger partial charge in [-0.3, -0.25) is 0 Å². The number of nitrogen functional groups attached to an aromatic ring is 1. The van der Waals surface area contributed by atoms with Crippen LogP contribution in [0.4, 0.5) is 5.69 Å². The molecule has 82 valence electrons. The number of fused-ring (bicyclic) bond motifs is 1. The van der Waals surface area contributed by atoms with Crippen LogP contribution in [0, 0.1) is 0 Å². The van der Waals surface area contributed by atoms with E-state index < -0.39 is 0 Å². The van der Waals surface area contributed by atoms with E-state index >= 15 is 0 Å². The highest BCUT2D eigenvalue weighted by Crippen LogP contribution is 2.30. The first-order valence-electron chi connectivity index (χ1n) is 5.68. The summed E-state index contributed by atoms with van der Waals surface area (Å²) in [5, 5.41) is 0. The molecule has 0 saturated carbocycles. The Hall–Kier alpha value is -2.28. The smallest absolute Gasteiger partial charge is 0.0314 e.